The molecule has 1 aromatic heterocycles. The van der Waals surface area contributed by atoms with Crippen LogP contribution in [0.1, 0.15) is 67.9 Å². The Morgan fingerprint density at radius 2 is 1.68 bits per heavy atom. The largest absolute Gasteiger partial charge is 0.380 e. The molecule has 34 heavy (non-hydrogen) atoms. The summed E-state index contributed by atoms with van der Waals surface area (Å²) in [5, 5.41) is 3.18. The summed E-state index contributed by atoms with van der Waals surface area (Å²) in [6.07, 6.45) is 10.0. The zero-order valence-corrected chi connectivity index (χ0v) is 21.7. The smallest absolute Gasteiger partial charge is 0.123 e. The lowest BCUT2D eigenvalue weighted by Crippen LogP contribution is -2.30. The first-order valence-electron chi connectivity index (χ1n) is 12.8. The minimum atomic E-state index is -0.137. The van der Waals surface area contributed by atoms with Gasteiger partial charge in [-0.2, -0.15) is 0 Å². The number of benzene rings is 1. The van der Waals surface area contributed by atoms with E-state index in [9.17, 15) is 4.39 Å². The molecule has 5 heteroatoms. The fourth-order valence-corrected chi connectivity index (χ4v) is 4.37. The van der Waals surface area contributed by atoms with Gasteiger partial charge in [0.05, 0.1) is 22.8 Å². The van der Waals surface area contributed by atoms with E-state index >= 15 is 0 Å². The molecule has 1 aliphatic heterocycles. The highest BCUT2D eigenvalue weighted by atomic mass is 19.1. The lowest BCUT2D eigenvalue weighted by Gasteiger charge is -2.28. The van der Waals surface area contributed by atoms with Gasteiger partial charge in [-0.1, -0.05) is 38.6 Å². The third-order valence-electron chi connectivity index (χ3n) is 6.32. The Hall–Kier alpha value is -2.53. The summed E-state index contributed by atoms with van der Waals surface area (Å²) in [6, 6.07) is 6.94. The van der Waals surface area contributed by atoms with Crippen LogP contribution in [0.2, 0.25) is 0 Å². The second-order valence-corrected chi connectivity index (χ2v) is 8.98. The number of fused-ring (bicyclic) bond motifs is 1. The molecule has 186 valence electrons. The Balaban J connectivity index is 0.000000225. The van der Waals surface area contributed by atoms with E-state index in [0.29, 0.717) is 6.54 Å². The number of rotatable bonds is 6. The van der Waals surface area contributed by atoms with Crippen molar-refractivity contribution in [3.05, 3.63) is 77.7 Å². The minimum Gasteiger partial charge on any atom is -0.380 e. The van der Waals surface area contributed by atoms with Crippen LogP contribution in [0.4, 0.5) is 4.39 Å². The SMILES string of the molecule is C=CCNC(=C)c1nc2c(nc1C)CCCC2.CC.CN1CCC(Cc2ccc(F)cc2)CC1. The Bertz CT molecular complexity index is 899. The predicted molar refractivity (Wildman–Crippen MR) is 142 cm³/mol. The zero-order chi connectivity index (χ0) is 24.9. The van der Waals surface area contributed by atoms with Gasteiger partial charge >= 0.3 is 0 Å². The molecule has 0 saturated carbocycles. The van der Waals surface area contributed by atoms with Crippen molar-refractivity contribution < 1.29 is 4.39 Å². The normalized spacial score (nSPS) is 15.7. The van der Waals surface area contributed by atoms with Gasteiger partial charge in [0.25, 0.3) is 0 Å². The number of likely N-dealkylation sites (tertiary alicyclic amines) is 1. The summed E-state index contributed by atoms with van der Waals surface area (Å²) in [7, 11) is 2.17. The first kappa shape index (κ1) is 27.7. The van der Waals surface area contributed by atoms with Gasteiger partial charge in [-0.3, -0.25) is 4.98 Å². The molecule has 1 fully saturated rings. The molecular weight excluding hydrogens is 423 g/mol. The van der Waals surface area contributed by atoms with Crippen molar-refractivity contribution >= 4 is 5.70 Å². The van der Waals surface area contributed by atoms with Gasteiger partial charge in [-0.15, -0.1) is 6.58 Å². The number of halogens is 1. The van der Waals surface area contributed by atoms with Crippen LogP contribution in [-0.4, -0.2) is 41.5 Å². The molecule has 1 N–H and O–H groups in total. The summed E-state index contributed by atoms with van der Waals surface area (Å²) in [5.41, 5.74) is 6.29. The standard InChI is InChI=1S/C14H19N3.C13H18FN.C2H6/c1-4-9-15-10(2)14-11(3)16-12-7-5-6-8-13(12)17-14;1-15-8-6-12(7-9-15)10-11-2-4-13(14)5-3-11;1-2/h4,15H,1-2,5-9H2,3H3;2-5,12H,6-10H2,1H3;1-2H3. The Morgan fingerprint density at radius 3 is 2.26 bits per heavy atom. The summed E-state index contributed by atoms with van der Waals surface area (Å²) in [5.74, 6) is 0.647. The van der Waals surface area contributed by atoms with Crippen molar-refractivity contribution in [3.8, 4) is 0 Å². The zero-order valence-electron chi connectivity index (χ0n) is 21.7. The van der Waals surface area contributed by atoms with E-state index in [1.54, 1.807) is 12.1 Å². The van der Waals surface area contributed by atoms with Crippen molar-refractivity contribution in [1.82, 2.24) is 20.2 Å². The van der Waals surface area contributed by atoms with Gasteiger partial charge in [0.2, 0.25) is 0 Å². The Kier molecular flexibility index (Phi) is 12.0. The molecular formula is C29H43FN4. The monoisotopic (exact) mass is 466 g/mol. The minimum absolute atomic E-state index is 0.137. The maximum absolute atomic E-state index is 12.7. The number of aromatic nitrogens is 2. The topological polar surface area (TPSA) is 41.1 Å². The van der Waals surface area contributed by atoms with Gasteiger partial charge in [-0.05, 0) is 95.6 Å². The first-order chi connectivity index (χ1) is 16.5. The number of hydrogen-bond donors (Lipinski definition) is 1. The summed E-state index contributed by atoms with van der Waals surface area (Å²) < 4.78 is 12.7. The molecule has 2 aromatic rings. The van der Waals surface area contributed by atoms with Crippen molar-refractivity contribution in [2.24, 2.45) is 5.92 Å². The van der Waals surface area contributed by atoms with Gasteiger partial charge in [0.15, 0.2) is 0 Å². The van der Waals surface area contributed by atoms with Crippen LogP contribution in [0.15, 0.2) is 43.5 Å². The third-order valence-corrected chi connectivity index (χ3v) is 6.32. The third kappa shape index (κ3) is 8.68. The predicted octanol–water partition coefficient (Wildman–Crippen LogP) is 6.15. The van der Waals surface area contributed by atoms with Crippen molar-refractivity contribution in [1.29, 1.82) is 0 Å². The molecule has 4 nitrogen and oxygen atoms in total. The molecule has 2 aliphatic rings. The molecule has 0 spiro atoms. The summed E-state index contributed by atoms with van der Waals surface area (Å²) >= 11 is 0. The van der Waals surface area contributed by atoms with Crippen molar-refractivity contribution in [2.75, 3.05) is 26.7 Å². The number of piperidine rings is 1. The highest BCUT2D eigenvalue weighted by Crippen LogP contribution is 2.22. The fraction of sp³-hybridized carbons (Fsp3) is 0.517. The van der Waals surface area contributed by atoms with Gasteiger partial charge in [0.1, 0.15) is 11.5 Å². The van der Waals surface area contributed by atoms with E-state index in [0.717, 1.165) is 48.0 Å². The quantitative estimate of drug-likeness (QED) is 0.519. The molecule has 1 aliphatic carbocycles. The highest BCUT2D eigenvalue weighted by molar-refractivity contribution is 5.60. The lowest BCUT2D eigenvalue weighted by molar-refractivity contribution is 0.219. The van der Waals surface area contributed by atoms with Crippen LogP contribution in [0.25, 0.3) is 5.70 Å². The van der Waals surface area contributed by atoms with Crippen LogP contribution < -0.4 is 5.32 Å². The molecule has 0 radical (unpaired) electrons. The second-order valence-electron chi connectivity index (χ2n) is 8.98. The van der Waals surface area contributed by atoms with Gasteiger partial charge in [-0.25, -0.2) is 9.37 Å². The van der Waals surface area contributed by atoms with Gasteiger partial charge in [0, 0.05) is 6.54 Å². The summed E-state index contributed by atoms with van der Waals surface area (Å²) in [6.45, 7) is 16.8. The molecule has 0 unspecified atom stereocenters. The number of hydrogen-bond acceptors (Lipinski definition) is 4. The highest BCUT2D eigenvalue weighted by Gasteiger charge is 2.17. The van der Waals surface area contributed by atoms with E-state index in [2.05, 4.69) is 35.4 Å². The maximum atomic E-state index is 12.7. The van der Waals surface area contributed by atoms with E-state index in [-0.39, 0.29) is 5.82 Å². The van der Waals surface area contributed by atoms with Gasteiger partial charge < -0.3 is 10.2 Å². The van der Waals surface area contributed by atoms with Crippen LogP contribution in [0.5, 0.6) is 0 Å². The maximum Gasteiger partial charge on any atom is 0.123 e. The molecule has 4 rings (SSSR count). The average molecular weight is 467 g/mol. The average Bonchev–Trinajstić information content (AvgIpc) is 2.86. The lowest BCUT2D eigenvalue weighted by atomic mass is 9.90. The number of aryl methyl sites for hydroxylation is 3. The van der Waals surface area contributed by atoms with Crippen LogP contribution in [0, 0.1) is 18.7 Å². The first-order valence-corrected chi connectivity index (χ1v) is 12.8. The molecule has 1 saturated heterocycles. The van der Waals surface area contributed by atoms with E-state index in [1.807, 2.05) is 39.0 Å². The van der Waals surface area contributed by atoms with Crippen LogP contribution in [-0.2, 0) is 19.3 Å². The van der Waals surface area contributed by atoms with E-state index < -0.39 is 0 Å². The number of nitrogens with one attached hydrogen (secondary N) is 1. The second kappa shape index (κ2) is 14.7. The van der Waals surface area contributed by atoms with Crippen LogP contribution in [0.3, 0.4) is 0 Å². The molecule has 0 atom stereocenters. The molecule has 1 aromatic carbocycles. The van der Waals surface area contributed by atoms with Crippen LogP contribution >= 0.6 is 0 Å². The number of nitrogens with zero attached hydrogens (tertiary/aromatic N) is 3. The molecule has 0 bridgehead atoms. The molecule has 2 heterocycles. The molecule has 0 amide bonds. The Labute approximate surface area is 206 Å². The van der Waals surface area contributed by atoms with E-state index in [1.165, 1.54) is 50.0 Å². The van der Waals surface area contributed by atoms with Crippen molar-refractivity contribution in [3.63, 3.8) is 0 Å². The van der Waals surface area contributed by atoms with E-state index in [4.69, 9.17) is 4.98 Å². The van der Waals surface area contributed by atoms with Crippen molar-refractivity contribution in [2.45, 2.75) is 65.7 Å². The fourth-order valence-electron chi connectivity index (χ4n) is 4.37. The summed E-state index contributed by atoms with van der Waals surface area (Å²) in [4.78, 5) is 11.7. The Morgan fingerprint density at radius 1 is 1.09 bits per heavy atom.